The monoisotopic (exact) mass is 650 g/mol. The van der Waals surface area contributed by atoms with E-state index < -0.39 is 16.8 Å². The number of hydrazone groups is 1. The van der Waals surface area contributed by atoms with Crippen LogP contribution in [0.2, 0.25) is 10.0 Å². The number of ether oxygens (including phenoxy) is 1. The first kappa shape index (κ1) is 28.0. The summed E-state index contributed by atoms with van der Waals surface area (Å²) in [5.41, 5.74) is 4.84. The number of esters is 1. The van der Waals surface area contributed by atoms with Crippen molar-refractivity contribution in [3.05, 3.63) is 126 Å². The molecule has 0 unspecified atom stereocenters. The van der Waals surface area contributed by atoms with Crippen LogP contribution in [-0.2, 0) is 0 Å². The summed E-state index contributed by atoms with van der Waals surface area (Å²) >= 11 is 16.2. The van der Waals surface area contributed by atoms with Crippen LogP contribution in [0.3, 0.4) is 0 Å². The van der Waals surface area contributed by atoms with Crippen LogP contribution in [0.1, 0.15) is 26.4 Å². The maximum Gasteiger partial charge on any atom is 0.343 e. The standard InChI is InChI=1S/C29H17BrCl2N4O5/c30-18-10-13-24(41-29(38)16-8-11-19(12-9-16)36(39)40)17(14-18)15-33-35-28(37)27-25(20-4-1-2-6-22(20)31)21-5-3-7-23(32)26(21)34-27/h1-15,34H,(H,35,37). The van der Waals surface area contributed by atoms with Gasteiger partial charge in [0.2, 0.25) is 0 Å². The van der Waals surface area contributed by atoms with Gasteiger partial charge in [-0.15, -0.1) is 0 Å². The van der Waals surface area contributed by atoms with E-state index in [-0.39, 0.29) is 22.7 Å². The number of halogens is 3. The lowest BCUT2D eigenvalue weighted by Gasteiger charge is -2.08. The second-order valence-corrected chi connectivity index (χ2v) is 10.3. The molecule has 4 aromatic carbocycles. The zero-order valence-electron chi connectivity index (χ0n) is 20.7. The second-order valence-electron chi connectivity index (χ2n) is 8.59. The van der Waals surface area contributed by atoms with Gasteiger partial charge >= 0.3 is 5.97 Å². The summed E-state index contributed by atoms with van der Waals surface area (Å²) in [5, 5.41) is 16.6. The van der Waals surface area contributed by atoms with Crippen LogP contribution in [0.4, 0.5) is 5.69 Å². The van der Waals surface area contributed by atoms with E-state index in [1.165, 1.54) is 30.5 Å². The highest BCUT2D eigenvalue weighted by atomic mass is 79.9. The van der Waals surface area contributed by atoms with Crippen LogP contribution >= 0.6 is 39.1 Å². The lowest BCUT2D eigenvalue weighted by molar-refractivity contribution is -0.384. The van der Waals surface area contributed by atoms with E-state index in [0.29, 0.717) is 42.1 Å². The molecular formula is C29H17BrCl2N4O5. The fraction of sp³-hybridized carbons (Fsp3) is 0. The van der Waals surface area contributed by atoms with Gasteiger partial charge in [0.25, 0.3) is 11.6 Å². The van der Waals surface area contributed by atoms with Gasteiger partial charge < -0.3 is 9.72 Å². The van der Waals surface area contributed by atoms with Gasteiger partial charge in [-0.05, 0) is 42.5 Å². The molecule has 5 aromatic rings. The minimum atomic E-state index is -0.722. The first-order valence-corrected chi connectivity index (χ1v) is 13.4. The Balaban J connectivity index is 1.41. The Kier molecular flexibility index (Phi) is 8.16. The zero-order valence-corrected chi connectivity index (χ0v) is 23.8. The maximum absolute atomic E-state index is 13.3. The van der Waals surface area contributed by atoms with Crippen LogP contribution in [0.25, 0.3) is 22.0 Å². The number of rotatable bonds is 7. The fourth-order valence-corrected chi connectivity index (χ4v) is 4.93. The van der Waals surface area contributed by atoms with E-state index in [2.05, 4.69) is 31.4 Å². The molecule has 0 spiro atoms. The summed E-state index contributed by atoms with van der Waals surface area (Å²) in [6.45, 7) is 0. The third-order valence-corrected chi connectivity index (χ3v) is 7.15. The predicted octanol–water partition coefficient (Wildman–Crippen LogP) is 7.80. The molecule has 0 atom stereocenters. The van der Waals surface area contributed by atoms with Crippen LogP contribution in [0.5, 0.6) is 5.75 Å². The van der Waals surface area contributed by atoms with Crippen LogP contribution in [-0.4, -0.2) is 28.0 Å². The van der Waals surface area contributed by atoms with E-state index in [1.807, 2.05) is 12.1 Å². The summed E-state index contributed by atoms with van der Waals surface area (Å²) in [7, 11) is 0. The number of nitro groups is 1. The summed E-state index contributed by atoms with van der Waals surface area (Å²) in [6, 6.07) is 22.4. The number of carbonyl (C=O) groups is 2. The number of hydrogen-bond acceptors (Lipinski definition) is 6. The molecule has 41 heavy (non-hydrogen) atoms. The highest BCUT2D eigenvalue weighted by Gasteiger charge is 2.22. The first-order chi connectivity index (χ1) is 19.7. The second kappa shape index (κ2) is 11.9. The molecule has 0 bridgehead atoms. The quantitative estimate of drug-likeness (QED) is 0.0610. The van der Waals surface area contributed by atoms with Crippen molar-refractivity contribution in [2.24, 2.45) is 5.10 Å². The number of aromatic nitrogens is 1. The summed E-state index contributed by atoms with van der Waals surface area (Å²) in [5.74, 6) is -1.12. The van der Waals surface area contributed by atoms with Crippen molar-refractivity contribution in [1.82, 2.24) is 10.4 Å². The van der Waals surface area contributed by atoms with E-state index >= 15 is 0 Å². The Labute approximate surface area is 251 Å². The maximum atomic E-state index is 13.3. The van der Waals surface area contributed by atoms with Crippen LogP contribution in [0, 0.1) is 10.1 Å². The number of aromatic amines is 1. The summed E-state index contributed by atoms with van der Waals surface area (Å²) in [4.78, 5) is 39.4. The highest BCUT2D eigenvalue weighted by Crippen LogP contribution is 2.38. The largest absolute Gasteiger partial charge is 0.422 e. The molecule has 0 fully saturated rings. The number of hydrogen-bond donors (Lipinski definition) is 2. The number of carbonyl (C=O) groups excluding carboxylic acids is 2. The first-order valence-electron chi connectivity index (χ1n) is 11.9. The summed E-state index contributed by atoms with van der Waals surface area (Å²) < 4.78 is 6.18. The topological polar surface area (TPSA) is 127 Å². The third kappa shape index (κ3) is 5.99. The lowest BCUT2D eigenvalue weighted by Crippen LogP contribution is -2.19. The molecule has 9 nitrogen and oxygen atoms in total. The molecule has 0 aliphatic rings. The van der Waals surface area contributed by atoms with E-state index in [1.54, 1.807) is 48.5 Å². The Hall–Kier alpha value is -4.51. The Morgan fingerprint density at radius 3 is 2.44 bits per heavy atom. The average Bonchev–Trinajstić information content (AvgIpc) is 3.35. The molecule has 1 aromatic heterocycles. The molecule has 0 aliphatic heterocycles. The Morgan fingerprint density at radius 1 is 0.976 bits per heavy atom. The highest BCUT2D eigenvalue weighted by molar-refractivity contribution is 9.10. The van der Waals surface area contributed by atoms with Gasteiger partial charge in [0.1, 0.15) is 11.4 Å². The summed E-state index contributed by atoms with van der Waals surface area (Å²) in [6.07, 6.45) is 1.33. The molecule has 0 saturated carbocycles. The number of nitro benzene ring substituents is 1. The van der Waals surface area contributed by atoms with Gasteiger partial charge in [-0.3, -0.25) is 14.9 Å². The number of non-ortho nitro benzene ring substituents is 1. The number of nitrogens with one attached hydrogen (secondary N) is 2. The van der Waals surface area contributed by atoms with Crippen molar-refractivity contribution in [2.45, 2.75) is 0 Å². The molecule has 12 heteroatoms. The normalized spacial score (nSPS) is 11.1. The van der Waals surface area contributed by atoms with Gasteiger partial charge in [-0.25, -0.2) is 10.2 Å². The van der Waals surface area contributed by atoms with Crippen molar-refractivity contribution in [3.8, 4) is 16.9 Å². The minimum absolute atomic E-state index is 0.124. The van der Waals surface area contributed by atoms with E-state index in [4.69, 9.17) is 27.9 Å². The number of fused-ring (bicyclic) bond motifs is 1. The number of H-pyrrole nitrogens is 1. The van der Waals surface area contributed by atoms with Gasteiger partial charge in [0.05, 0.1) is 27.2 Å². The molecule has 2 N–H and O–H groups in total. The number of benzene rings is 4. The smallest absolute Gasteiger partial charge is 0.343 e. The molecule has 0 saturated heterocycles. The SMILES string of the molecule is O=C(Oc1ccc(Br)cc1C=NNC(=O)c1[nH]c2c(Cl)cccc2c1-c1ccccc1Cl)c1ccc([N+](=O)[O-])cc1. The van der Waals surface area contributed by atoms with Crippen molar-refractivity contribution in [3.63, 3.8) is 0 Å². The molecular weight excluding hydrogens is 635 g/mol. The van der Waals surface area contributed by atoms with Gasteiger partial charge in [0, 0.05) is 43.7 Å². The minimum Gasteiger partial charge on any atom is -0.422 e. The van der Waals surface area contributed by atoms with E-state index in [9.17, 15) is 19.7 Å². The van der Waals surface area contributed by atoms with Gasteiger partial charge in [-0.2, -0.15) is 5.10 Å². The van der Waals surface area contributed by atoms with Crippen molar-refractivity contribution in [1.29, 1.82) is 0 Å². The molecule has 0 aliphatic carbocycles. The number of nitrogens with zero attached hydrogens (tertiary/aromatic N) is 2. The van der Waals surface area contributed by atoms with Crippen molar-refractivity contribution < 1.29 is 19.2 Å². The average molecular weight is 652 g/mol. The van der Waals surface area contributed by atoms with Gasteiger partial charge in [0.15, 0.2) is 0 Å². The Bertz CT molecular complexity index is 1850. The molecule has 0 radical (unpaired) electrons. The van der Waals surface area contributed by atoms with Gasteiger partial charge in [-0.1, -0.05) is 69.5 Å². The molecule has 1 amide bonds. The molecule has 1 heterocycles. The Morgan fingerprint density at radius 2 is 1.71 bits per heavy atom. The van der Waals surface area contributed by atoms with Crippen LogP contribution < -0.4 is 10.2 Å². The molecule has 5 rings (SSSR count). The van der Waals surface area contributed by atoms with Crippen molar-refractivity contribution >= 4 is 73.8 Å². The van der Waals surface area contributed by atoms with E-state index in [0.717, 1.165) is 0 Å². The van der Waals surface area contributed by atoms with Crippen molar-refractivity contribution in [2.75, 3.05) is 0 Å². The predicted molar refractivity (Wildman–Crippen MR) is 161 cm³/mol. The zero-order chi connectivity index (χ0) is 29.1. The number of amides is 1. The molecule has 204 valence electrons. The number of para-hydroxylation sites is 1. The lowest BCUT2D eigenvalue weighted by atomic mass is 10.0. The fourth-order valence-electron chi connectivity index (χ4n) is 4.10. The third-order valence-electron chi connectivity index (χ3n) is 6.01. The van der Waals surface area contributed by atoms with Crippen LogP contribution in [0.15, 0.2) is 94.5 Å².